The van der Waals surface area contributed by atoms with Crippen LogP contribution in [0, 0.1) is 0 Å². The Labute approximate surface area is 114 Å². The fourth-order valence-corrected chi connectivity index (χ4v) is 1.65. The van der Waals surface area contributed by atoms with Crippen LogP contribution in [0.5, 0.6) is 0 Å². The van der Waals surface area contributed by atoms with Crippen molar-refractivity contribution in [2.75, 3.05) is 13.7 Å². The number of aromatic amines is 1. The van der Waals surface area contributed by atoms with Gasteiger partial charge < -0.3 is 14.6 Å². The summed E-state index contributed by atoms with van der Waals surface area (Å²) in [5.74, 6) is -0.456. The molecule has 2 aromatic rings. The molecule has 0 fully saturated rings. The van der Waals surface area contributed by atoms with Gasteiger partial charge in [-0.1, -0.05) is 0 Å². The highest BCUT2D eigenvalue weighted by atomic mass is 16.5. The highest BCUT2D eigenvalue weighted by molar-refractivity contribution is 5.90. The molecule has 0 radical (unpaired) electrons. The molecular weight excluding hydrogens is 264 g/mol. The minimum Gasteiger partial charge on any atom is -0.383 e. The zero-order valence-electron chi connectivity index (χ0n) is 11.3. The summed E-state index contributed by atoms with van der Waals surface area (Å²) in [6, 6.07) is 0. The Morgan fingerprint density at radius 1 is 1.55 bits per heavy atom. The lowest BCUT2D eigenvalue weighted by Crippen LogP contribution is -2.26. The van der Waals surface area contributed by atoms with E-state index in [1.165, 1.54) is 7.05 Å². The van der Waals surface area contributed by atoms with E-state index in [-0.39, 0.29) is 5.82 Å². The van der Waals surface area contributed by atoms with Crippen LogP contribution in [0.1, 0.15) is 16.3 Å². The third kappa shape index (κ3) is 3.12. The molecule has 0 atom stereocenters. The maximum absolute atomic E-state index is 11.8. The number of amides is 1. The fourth-order valence-electron chi connectivity index (χ4n) is 1.65. The third-order valence-electron chi connectivity index (χ3n) is 2.75. The van der Waals surface area contributed by atoms with Crippen LogP contribution < -0.4 is 11.0 Å². The standard InChI is InChI=1S/C11H16N6O3/c1-16-11(19)14-9(15-16)10(18)13-6-8-5-12-7-17(8)3-4-20-2/h5,7H,3-4,6H2,1-2H3,(H,13,18)(H,14,15,19). The van der Waals surface area contributed by atoms with Gasteiger partial charge in [0.15, 0.2) is 0 Å². The van der Waals surface area contributed by atoms with Crippen molar-refractivity contribution in [1.82, 2.24) is 29.6 Å². The number of carbonyl (C=O) groups is 1. The summed E-state index contributed by atoms with van der Waals surface area (Å²) >= 11 is 0. The number of carbonyl (C=O) groups excluding carboxylic acids is 1. The monoisotopic (exact) mass is 280 g/mol. The van der Waals surface area contributed by atoms with Gasteiger partial charge in [0, 0.05) is 26.9 Å². The van der Waals surface area contributed by atoms with Crippen LogP contribution in [0.4, 0.5) is 0 Å². The lowest BCUT2D eigenvalue weighted by Gasteiger charge is -2.07. The number of H-pyrrole nitrogens is 1. The van der Waals surface area contributed by atoms with E-state index in [0.29, 0.717) is 19.7 Å². The van der Waals surface area contributed by atoms with Gasteiger partial charge in [0.25, 0.3) is 5.91 Å². The second kappa shape index (κ2) is 6.15. The molecule has 2 N–H and O–H groups in total. The number of hydrogen-bond donors (Lipinski definition) is 2. The van der Waals surface area contributed by atoms with Crippen molar-refractivity contribution in [2.24, 2.45) is 7.05 Å². The maximum Gasteiger partial charge on any atom is 0.343 e. The summed E-state index contributed by atoms with van der Waals surface area (Å²) in [6.45, 7) is 1.51. The van der Waals surface area contributed by atoms with Gasteiger partial charge in [-0.25, -0.2) is 14.5 Å². The van der Waals surface area contributed by atoms with E-state index < -0.39 is 11.6 Å². The number of ether oxygens (including phenoxy) is 1. The predicted molar refractivity (Wildman–Crippen MR) is 69.1 cm³/mol. The molecule has 0 aliphatic heterocycles. The second-order valence-electron chi connectivity index (χ2n) is 4.16. The largest absolute Gasteiger partial charge is 0.383 e. The number of aromatic nitrogens is 5. The van der Waals surface area contributed by atoms with Crippen LogP contribution in [-0.4, -0.2) is 43.9 Å². The van der Waals surface area contributed by atoms with Crippen LogP contribution in [-0.2, 0) is 24.9 Å². The Balaban J connectivity index is 1.96. The van der Waals surface area contributed by atoms with Crippen molar-refractivity contribution >= 4 is 5.91 Å². The molecule has 9 nitrogen and oxygen atoms in total. The van der Waals surface area contributed by atoms with Crippen molar-refractivity contribution in [3.8, 4) is 0 Å². The SMILES string of the molecule is COCCn1cncc1CNC(=O)c1nn(C)c(=O)[nH]1. The van der Waals surface area contributed by atoms with E-state index >= 15 is 0 Å². The van der Waals surface area contributed by atoms with E-state index in [4.69, 9.17) is 4.74 Å². The molecule has 0 unspecified atom stereocenters. The van der Waals surface area contributed by atoms with Gasteiger partial charge in [0.2, 0.25) is 5.82 Å². The topological polar surface area (TPSA) is 107 Å². The Morgan fingerprint density at radius 2 is 2.35 bits per heavy atom. The van der Waals surface area contributed by atoms with Gasteiger partial charge in [-0.3, -0.25) is 9.78 Å². The summed E-state index contributed by atoms with van der Waals surface area (Å²) in [4.78, 5) is 29.4. The van der Waals surface area contributed by atoms with Crippen molar-refractivity contribution in [3.63, 3.8) is 0 Å². The summed E-state index contributed by atoms with van der Waals surface area (Å²) in [7, 11) is 3.09. The first-order chi connectivity index (χ1) is 9.61. The second-order valence-corrected chi connectivity index (χ2v) is 4.16. The first-order valence-corrected chi connectivity index (χ1v) is 6.01. The molecule has 0 spiro atoms. The van der Waals surface area contributed by atoms with E-state index in [9.17, 15) is 9.59 Å². The number of imidazole rings is 1. The molecule has 2 aromatic heterocycles. The van der Waals surface area contributed by atoms with Gasteiger partial charge in [-0.15, -0.1) is 5.10 Å². The average Bonchev–Trinajstić information content (AvgIpc) is 3.01. The fraction of sp³-hybridized carbons (Fsp3) is 0.455. The van der Waals surface area contributed by atoms with Gasteiger partial charge >= 0.3 is 5.69 Å². The van der Waals surface area contributed by atoms with E-state index in [1.54, 1.807) is 19.6 Å². The van der Waals surface area contributed by atoms with Gasteiger partial charge in [0.05, 0.1) is 25.2 Å². The lowest BCUT2D eigenvalue weighted by atomic mass is 10.4. The molecule has 1 amide bonds. The van der Waals surface area contributed by atoms with E-state index in [2.05, 4.69) is 20.4 Å². The van der Waals surface area contributed by atoms with Crippen LogP contribution in [0.15, 0.2) is 17.3 Å². The molecule has 20 heavy (non-hydrogen) atoms. The summed E-state index contributed by atoms with van der Waals surface area (Å²) < 4.78 is 7.94. The molecule has 0 aromatic carbocycles. The zero-order valence-corrected chi connectivity index (χ0v) is 11.3. The van der Waals surface area contributed by atoms with Gasteiger partial charge in [-0.05, 0) is 0 Å². The minimum atomic E-state index is -0.442. The van der Waals surface area contributed by atoms with Crippen LogP contribution in [0.2, 0.25) is 0 Å². The molecule has 0 aliphatic carbocycles. The van der Waals surface area contributed by atoms with Crippen LogP contribution in [0.25, 0.3) is 0 Å². The molecular formula is C11H16N6O3. The summed E-state index contributed by atoms with van der Waals surface area (Å²) in [5, 5.41) is 6.45. The highest BCUT2D eigenvalue weighted by Crippen LogP contribution is 1.99. The number of nitrogens with zero attached hydrogens (tertiary/aromatic N) is 4. The molecule has 0 bridgehead atoms. The zero-order chi connectivity index (χ0) is 14.5. The minimum absolute atomic E-state index is 0.0135. The first-order valence-electron chi connectivity index (χ1n) is 6.01. The van der Waals surface area contributed by atoms with Crippen LogP contribution >= 0.6 is 0 Å². The summed E-state index contributed by atoms with van der Waals surface area (Å²) in [6.07, 6.45) is 3.33. The molecule has 2 rings (SSSR count). The van der Waals surface area contributed by atoms with E-state index in [0.717, 1.165) is 10.4 Å². The number of hydrogen-bond acceptors (Lipinski definition) is 5. The van der Waals surface area contributed by atoms with Gasteiger partial charge in [-0.2, -0.15) is 0 Å². The number of methoxy groups -OCH3 is 1. The molecule has 108 valence electrons. The number of aryl methyl sites for hydroxylation is 1. The Bertz CT molecular complexity index is 641. The Morgan fingerprint density at radius 3 is 3.00 bits per heavy atom. The Kier molecular flexibility index (Phi) is 4.31. The van der Waals surface area contributed by atoms with E-state index in [1.807, 2.05) is 4.57 Å². The quantitative estimate of drug-likeness (QED) is 0.697. The van der Waals surface area contributed by atoms with Crippen molar-refractivity contribution in [1.29, 1.82) is 0 Å². The molecule has 0 saturated carbocycles. The molecule has 9 heteroatoms. The average molecular weight is 280 g/mol. The van der Waals surface area contributed by atoms with Gasteiger partial charge in [0.1, 0.15) is 0 Å². The lowest BCUT2D eigenvalue weighted by molar-refractivity contribution is 0.0939. The summed E-state index contributed by atoms with van der Waals surface area (Å²) in [5.41, 5.74) is 0.411. The molecule has 0 saturated heterocycles. The third-order valence-corrected chi connectivity index (χ3v) is 2.75. The predicted octanol–water partition coefficient (Wildman–Crippen LogP) is -1.12. The van der Waals surface area contributed by atoms with Crippen molar-refractivity contribution in [3.05, 3.63) is 34.5 Å². The maximum atomic E-state index is 11.8. The number of rotatable bonds is 6. The van der Waals surface area contributed by atoms with Crippen molar-refractivity contribution in [2.45, 2.75) is 13.1 Å². The smallest absolute Gasteiger partial charge is 0.343 e. The Hall–Kier alpha value is -2.42. The first kappa shape index (κ1) is 14.0. The van der Waals surface area contributed by atoms with Crippen molar-refractivity contribution < 1.29 is 9.53 Å². The number of nitrogens with one attached hydrogen (secondary N) is 2. The molecule has 2 heterocycles. The highest BCUT2D eigenvalue weighted by Gasteiger charge is 2.12. The normalized spacial score (nSPS) is 10.7. The van der Waals surface area contributed by atoms with Crippen LogP contribution in [0.3, 0.4) is 0 Å². The molecule has 0 aliphatic rings.